The number of aliphatic hydroxyl groups is 1. The molecule has 1 N–H and O–H groups in total. The average molecular weight is 191 g/mol. The quantitative estimate of drug-likeness (QED) is 0.725. The zero-order valence-corrected chi connectivity index (χ0v) is 8.61. The Balaban J connectivity index is 2.30. The molecule has 0 aromatic carbocycles. The highest BCUT2D eigenvalue weighted by molar-refractivity contribution is 5.03. The second-order valence-electron chi connectivity index (χ2n) is 3.67. The van der Waals surface area contributed by atoms with Crippen molar-refractivity contribution in [2.24, 2.45) is 0 Å². The summed E-state index contributed by atoms with van der Waals surface area (Å²) in [6.07, 6.45) is 3.77. The third-order valence-electron chi connectivity index (χ3n) is 2.04. The molecule has 1 rings (SSSR count). The smallest absolute Gasteiger partial charge is 0.0580 e. The van der Waals surface area contributed by atoms with Gasteiger partial charge in [-0.15, -0.1) is 6.58 Å². The maximum atomic E-state index is 9.59. The van der Waals surface area contributed by atoms with Crippen LogP contribution in [-0.4, -0.2) is 16.2 Å². The Kier molecular flexibility index (Phi) is 4.33. The predicted octanol–water partition coefficient (Wildman–Crippen LogP) is 2.34. The number of aromatic nitrogens is 1. The molecular formula is C12H17NO. The fraction of sp³-hybridized carbons (Fsp3) is 0.417. The van der Waals surface area contributed by atoms with Crippen molar-refractivity contribution in [3.8, 4) is 0 Å². The summed E-state index contributed by atoms with van der Waals surface area (Å²) in [6.45, 7) is 5.71. The first-order valence-electron chi connectivity index (χ1n) is 4.91. The van der Waals surface area contributed by atoms with Crippen LogP contribution in [0, 0.1) is 0 Å². The molecule has 0 bridgehead atoms. The SMILES string of the molecule is C=C(C)CC(O)CCc1ccccn1. The van der Waals surface area contributed by atoms with E-state index in [2.05, 4.69) is 11.6 Å². The lowest BCUT2D eigenvalue weighted by Crippen LogP contribution is -2.08. The van der Waals surface area contributed by atoms with Crippen molar-refractivity contribution in [3.63, 3.8) is 0 Å². The number of rotatable bonds is 5. The van der Waals surface area contributed by atoms with Crippen LogP contribution in [0.2, 0.25) is 0 Å². The van der Waals surface area contributed by atoms with E-state index in [0.717, 1.165) is 24.1 Å². The lowest BCUT2D eigenvalue weighted by molar-refractivity contribution is 0.165. The molecule has 1 aromatic rings. The van der Waals surface area contributed by atoms with Gasteiger partial charge in [-0.3, -0.25) is 4.98 Å². The minimum Gasteiger partial charge on any atom is -0.393 e. The molecule has 0 aliphatic heterocycles. The van der Waals surface area contributed by atoms with E-state index in [1.165, 1.54) is 0 Å². The second kappa shape index (κ2) is 5.55. The lowest BCUT2D eigenvalue weighted by Gasteiger charge is -2.09. The van der Waals surface area contributed by atoms with Crippen LogP contribution in [0.25, 0.3) is 0 Å². The molecule has 0 fully saturated rings. The van der Waals surface area contributed by atoms with Crippen LogP contribution in [0.1, 0.15) is 25.5 Å². The van der Waals surface area contributed by atoms with E-state index < -0.39 is 0 Å². The van der Waals surface area contributed by atoms with E-state index in [0.29, 0.717) is 6.42 Å². The van der Waals surface area contributed by atoms with Gasteiger partial charge in [-0.25, -0.2) is 0 Å². The molecule has 0 spiro atoms. The molecule has 1 unspecified atom stereocenters. The van der Waals surface area contributed by atoms with Crippen LogP contribution in [0.5, 0.6) is 0 Å². The molecule has 2 nitrogen and oxygen atoms in total. The van der Waals surface area contributed by atoms with Gasteiger partial charge in [-0.05, 0) is 38.3 Å². The first kappa shape index (κ1) is 10.9. The molecule has 1 atom stereocenters. The first-order valence-corrected chi connectivity index (χ1v) is 4.91. The van der Waals surface area contributed by atoms with Gasteiger partial charge < -0.3 is 5.11 Å². The van der Waals surface area contributed by atoms with E-state index in [9.17, 15) is 5.11 Å². The molecule has 0 saturated heterocycles. The predicted molar refractivity (Wildman–Crippen MR) is 58.0 cm³/mol. The Morgan fingerprint density at radius 3 is 2.93 bits per heavy atom. The first-order chi connectivity index (χ1) is 6.68. The van der Waals surface area contributed by atoms with Crippen molar-refractivity contribution in [1.82, 2.24) is 4.98 Å². The van der Waals surface area contributed by atoms with Gasteiger partial charge in [0.15, 0.2) is 0 Å². The molecule has 0 amide bonds. The summed E-state index contributed by atoms with van der Waals surface area (Å²) in [5, 5.41) is 9.59. The van der Waals surface area contributed by atoms with E-state index in [1.54, 1.807) is 6.20 Å². The van der Waals surface area contributed by atoms with Crippen molar-refractivity contribution in [2.75, 3.05) is 0 Å². The van der Waals surface area contributed by atoms with Gasteiger partial charge in [0.25, 0.3) is 0 Å². The number of hydrogen-bond donors (Lipinski definition) is 1. The molecule has 76 valence electrons. The average Bonchev–Trinajstić information content (AvgIpc) is 2.15. The van der Waals surface area contributed by atoms with Crippen LogP contribution in [-0.2, 0) is 6.42 Å². The van der Waals surface area contributed by atoms with Crippen LogP contribution in [0.3, 0.4) is 0 Å². The zero-order valence-electron chi connectivity index (χ0n) is 8.61. The van der Waals surface area contributed by atoms with E-state index in [1.807, 2.05) is 25.1 Å². The van der Waals surface area contributed by atoms with Gasteiger partial charge in [-0.1, -0.05) is 11.6 Å². The van der Waals surface area contributed by atoms with Crippen LogP contribution < -0.4 is 0 Å². The third-order valence-corrected chi connectivity index (χ3v) is 2.04. The number of aliphatic hydroxyl groups excluding tert-OH is 1. The second-order valence-corrected chi connectivity index (χ2v) is 3.67. The Hall–Kier alpha value is -1.15. The summed E-state index contributed by atoms with van der Waals surface area (Å²) in [4.78, 5) is 4.20. The molecule has 0 aliphatic carbocycles. The molecule has 2 heteroatoms. The summed E-state index contributed by atoms with van der Waals surface area (Å²) in [7, 11) is 0. The number of aryl methyl sites for hydroxylation is 1. The van der Waals surface area contributed by atoms with E-state index in [4.69, 9.17) is 0 Å². The van der Waals surface area contributed by atoms with Gasteiger partial charge >= 0.3 is 0 Å². The number of pyridine rings is 1. The minimum atomic E-state index is -0.283. The minimum absolute atomic E-state index is 0.283. The summed E-state index contributed by atoms with van der Waals surface area (Å²) in [5.74, 6) is 0. The maximum Gasteiger partial charge on any atom is 0.0580 e. The van der Waals surface area contributed by atoms with Crippen LogP contribution in [0.4, 0.5) is 0 Å². The molecule has 0 aliphatic rings. The van der Waals surface area contributed by atoms with Gasteiger partial charge in [0.2, 0.25) is 0 Å². The van der Waals surface area contributed by atoms with Crippen molar-refractivity contribution in [1.29, 1.82) is 0 Å². The van der Waals surface area contributed by atoms with Crippen LogP contribution >= 0.6 is 0 Å². The molecule has 0 saturated carbocycles. The Morgan fingerprint density at radius 2 is 2.36 bits per heavy atom. The molecule has 1 aromatic heterocycles. The fourth-order valence-corrected chi connectivity index (χ4v) is 1.36. The maximum absolute atomic E-state index is 9.59. The topological polar surface area (TPSA) is 33.1 Å². The number of nitrogens with zero attached hydrogens (tertiary/aromatic N) is 1. The largest absolute Gasteiger partial charge is 0.393 e. The summed E-state index contributed by atoms with van der Waals surface area (Å²) < 4.78 is 0. The van der Waals surface area contributed by atoms with Gasteiger partial charge in [0.05, 0.1) is 6.10 Å². The lowest BCUT2D eigenvalue weighted by atomic mass is 10.1. The van der Waals surface area contributed by atoms with E-state index in [-0.39, 0.29) is 6.10 Å². The molecule has 14 heavy (non-hydrogen) atoms. The fourth-order valence-electron chi connectivity index (χ4n) is 1.36. The van der Waals surface area contributed by atoms with Gasteiger partial charge in [-0.2, -0.15) is 0 Å². The summed E-state index contributed by atoms with van der Waals surface area (Å²) in [5.41, 5.74) is 2.06. The Morgan fingerprint density at radius 1 is 1.57 bits per heavy atom. The van der Waals surface area contributed by atoms with Gasteiger partial charge in [0.1, 0.15) is 0 Å². The standard InChI is InChI=1S/C12H17NO/c1-10(2)9-12(14)7-6-11-5-3-4-8-13-11/h3-5,8,12,14H,1,6-7,9H2,2H3. The van der Waals surface area contributed by atoms with Crippen molar-refractivity contribution in [3.05, 3.63) is 42.2 Å². The van der Waals surface area contributed by atoms with Gasteiger partial charge in [0, 0.05) is 11.9 Å². The monoisotopic (exact) mass is 191 g/mol. The number of hydrogen-bond acceptors (Lipinski definition) is 2. The summed E-state index contributed by atoms with van der Waals surface area (Å²) >= 11 is 0. The summed E-state index contributed by atoms with van der Waals surface area (Å²) in [6, 6.07) is 5.84. The third kappa shape index (κ3) is 4.19. The molecule has 0 radical (unpaired) electrons. The zero-order chi connectivity index (χ0) is 10.4. The molecular weight excluding hydrogens is 174 g/mol. The molecule has 1 heterocycles. The normalized spacial score (nSPS) is 12.4. The Bertz CT molecular complexity index is 282. The van der Waals surface area contributed by atoms with Crippen LogP contribution in [0.15, 0.2) is 36.5 Å². The van der Waals surface area contributed by atoms with Crippen molar-refractivity contribution >= 4 is 0 Å². The highest BCUT2D eigenvalue weighted by Crippen LogP contribution is 2.08. The van der Waals surface area contributed by atoms with Crippen molar-refractivity contribution in [2.45, 2.75) is 32.3 Å². The highest BCUT2D eigenvalue weighted by atomic mass is 16.3. The van der Waals surface area contributed by atoms with Crippen molar-refractivity contribution < 1.29 is 5.11 Å². The van der Waals surface area contributed by atoms with E-state index >= 15 is 0 Å². The highest BCUT2D eigenvalue weighted by Gasteiger charge is 2.04. The Labute approximate surface area is 85.3 Å².